The molecule has 0 aliphatic carbocycles. The Kier molecular flexibility index (Phi) is 3.66. The van der Waals surface area contributed by atoms with Crippen molar-refractivity contribution in [1.82, 2.24) is 0 Å². The predicted octanol–water partition coefficient (Wildman–Crippen LogP) is 3.57. The van der Waals surface area contributed by atoms with Gasteiger partial charge in [0.25, 0.3) is 5.69 Å². The molecule has 2 aromatic rings. The molecule has 5 nitrogen and oxygen atoms in total. The highest BCUT2D eigenvalue weighted by atomic mass is 127. The number of nitrogens with two attached hydrogens (primary N) is 1. The van der Waals surface area contributed by atoms with Crippen LogP contribution in [0.1, 0.15) is 0 Å². The quantitative estimate of drug-likeness (QED) is 0.395. The van der Waals surface area contributed by atoms with E-state index in [1.165, 1.54) is 18.2 Å². The minimum absolute atomic E-state index is 0.0532. The monoisotopic (exact) mass is 356 g/mol. The lowest BCUT2D eigenvalue weighted by atomic mass is 10.2. The molecule has 92 valence electrons. The average molecular weight is 356 g/mol. The third-order valence-electron chi connectivity index (χ3n) is 2.23. The van der Waals surface area contributed by atoms with Crippen LogP contribution < -0.4 is 10.5 Å². The maximum atomic E-state index is 10.6. The van der Waals surface area contributed by atoms with E-state index < -0.39 is 4.92 Å². The van der Waals surface area contributed by atoms with Crippen molar-refractivity contribution in [1.29, 1.82) is 0 Å². The number of nitrogens with zero attached hydrogens (tertiary/aromatic N) is 1. The third-order valence-corrected chi connectivity index (χ3v) is 2.90. The van der Waals surface area contributed by atoms with Crippen molar-refractivity contribution in [3.63, 3.8) is 0 Å². The molecule has 0 bridgehead atoms. The van der Waals surface area contributed by atoms with Gasteiger partial charge in [0.05, 0.1) is 10.6 Å². The van der Waals surface area contributed by atoms with E-state index in [2.05, 4.69) is 22.6 Å². The molecule has 0 unspecified atom stereocenters. The summed E-state index contributed by atoms with van der Waals surface area (Å²) < 4.78 is 6.61. The Morgan fingerprint density at radius 3 is 2.61 bits per heavy atom. The molecule has 0 radical (unpaired) electrons. The summed E-state index contributed by atoms with van der Waals surface area (Å²) in [6.45, 7) is 0. The predicted molar refractivity (Wildman–Crippen MR) is 76.7 cm³/mol. The SMILES string of the molecule is Nc1cc([N+](=O)[O-])ccc1Oc1cccc(I)c1. The second kappa shape index (κ2) is 5.21. The van der Waals surface area contributed by atoms with Gasteiger partial charge in [-0.1, -0.05) is 6.07 Å². The van der Waals surface area contributed by atoms with Crippen molar-refractivity contribution in [3.8, 4) is 11.5 Å². The van der Waals surface area contributed by atoms with Crippen LogP contribution in [0.2, 0.25) is 0 Å². The summed E-state index contributed by atoms with van der Waals surface area (Å²) in [5.41, 5.74) is 5.90. The highest BCUT2D eigenvalue weighted by molar-refractivity contribution is 14.1. The Hall–Kier alpha value is -1.83. The Bertz CT molecular complexity index is 602. The van der Waals surface area contributed by atoms with Crippen molar-refractivity contribution < 1.29 is 9.66 Å². The van der Waals surface area contributed by atoms with Gasteiger partial charge in [0, 0.05) is 15.7 Å². The second-order valence-electron chi connectivity index (χ2n) is 3.54. The molecular weight excluding hydrogens is 347 g/mol. The number of nitrogen functional groups attached to an aromatic ring is 1. The van der Waals surface area contributed by atoms with Gasteiger partial charge in [0.15, 0.2) is 5.75 Å². The molecular formula is C12H9IN2O3. The van der Waals surface area contributed by atoms with Crippen molar-refractivity contribution >= 4 is 34.0 Å². The third kappa shape index (κ3) is 2.89. The fourth-order valence-electron chi connectivity index (χ4n) is 1.40. The number of nitro groups is 1. The molecule has 2 rings (SSSR count). The average Bonchev–Trinajstić information content (AvgIpc) is 2.31. The highest BCUT2D eigenvalue weighted by Crippen LogP contribution is 2.30. The van der Waals surface area contributed by atoms with Crippen LogP contribution in [-0.4, -0.2) is 4.92 Å². The minimum atomic E-state index is -0.494. The lowest BCUT2D eigenvalue weighted by molar-refractivity contribution is -0.384. The summed E-state index contributed by atoms with van der Waals surface area (Å²) >= 11 is 2.17. The van der Waals surface area contributed by atoms with Crippen LogP contribution in [0, 0.1) is 13.7 Å². The summed E-state index contributed by atoms with van der Waals surface area (Å²) in [7, 11) is 0. The van der Waals surface area contributed by atoms with E-state index in [0.29, 0.717) is 11.5 Å². The van der Waals surface area contributed by atoms with Crippen LogP contribution in [0.5, 0.6) is 11.5 Å². The van der Waals surface area contributed by atoms with Crippen LogP contribution in [-0.2, 0) is 0 Å². The first kappa shape index (κ1) is 12.6. The molecule has 0 amide bonds. The Morgan fingerprint density at radius 2 is 2.00 bits per heavy atom. The van der Waals surface area contributed by atoms with E-state index in [1.54, 1.807) is 6.07 Å². The molecule has 6 heteroatoms. The summed E-state index contributed by atoms with van der Waals surface area (Å²) in [6, 6.07) is 11.6. The molecule has 0 fully saturated rings. The van der Waals surface area contributed by atoms with Gasteiger partial charge in [-0.2, -0.15) is 0 Å². The van der Waals surface area contributed by atoms with Crippen molar-refractivity contribution in [2.24, 2.45) is 0 Å². The lowest BCUT2D eigenvalue weighted by Crippen LogP contribution is -1.95. The van der Waals surface area contributed by atoms with E-state index >= 15 is 0 Å². The maximum Gasteiger partial charge on any atom is 0.271 e. The molecule has 0 atom stereocenters. The van der Waals surface area contributed by atoms with Crippen molar-refractivity contribution in [2.45, 2.75) is 0 Å². The normalized spacial score (nSPS) is 10.1. The minimum Gasteiger partial charge on any atom is -0.455 e. The standard InChI is InChI=1S/C12H9IN2O3/c13-8-2-1-3-10(6-8)18-12-5-4-9(15(16)17)7-11(12)14/h1-7H,14H2. The molecule has 18 heavy (non-hydrogen) atoms. The van der Waals surface area contributed by atoms with Crippen LogP contribution in [0.15, 0.2) is 42.5 Å². The summed E-state index contributed by atoms with van der Waals surface area (Å²) in [5, 5.41) is 10.6. The molecule has 0 aliphatic heterocycles. The van der Waals surface area contributed by atoms with E-state index in [0.717, 1.165) is 3.57 Å². The van der Waals surface area contributed by atoms with E-state index in [-0.39, 0.29) is 11.4 Å². The number of nitro benzene ring substituents is 1. The lowest BCUT2D eigenvalue weighted by Gasteiger charge is -2.08. The molecule has 0 aromatic heterocycles. The van der Waals surface area contributed by atoms with Gasteiger partial charge >= 0.3 is 0 Å². The number of halogens is 1. The highest BCUT2D eigenvalue weighted by Gasteiger charge is 2.10. The van der Waals surface area contributed by atoms with Crippen LogP contribution in [0.25, 0.3) is 0 Å². The van der Waals surface area contributed by atoms with Crippen LogP contribution in [0.3, 0.4) is 0 Å². The second-order valence-corrected chi connectivity index (χ2v) is 4.78. The van der Waals surface area contributed by atoms with Gasteiger partial charge in [-0.3, -0.25) is 10.1 Å². The zero-order chi connectivity index (χ0) is 13.1. The first-order valence-electron chi connectivity index (χ1n) is 5.03. The first-order valence-corrected chi connectivity index (χ1v) is 6.11. The smallest absolute Gasteiger partial charge is 0.271 e. The Labute approximate surface area is 117 Å². The van der Waals surface area contributed by atoms with Crippen molar-refractivity contribution in [3.05, 3.63) is 56.1 Å². The molecule has 0 aliphatic rings. The van der Waals surface area contributed by atoms with Gasteiger partial charge in [-0.05, 0) is 46.9 Å². The van der Waals surface area contributed by atoms with E-state index in [4.69, 9.17) is 10.5 Å². The number of benzene rings is 2. The fraction of sp³-hybridized carbons (Fsp3) is 0. The molecule has 0 saturated carbocycles. The van der Waals surface area contributed by atoms with Crippen LogP contribution >= 0.6 is 22.6 Å². The molecule has 0 saturated heterocycles. The van der Waals surface area contributed by atoms with Gasteiger partial charge in [0.2, 0.25) is 0 Å². The summed E-state index contributed by atoms with van der Waals surface area (Å²) in [5.74, 6) is 1.05. The maximum absolute atomic E-state index is 10.6. The van der Waals surface area contributed by atoms with Crippen LogP contribution in [0.4, 0.5) is 11.4 Å². The Balaban J connectivity index is 2.27. The van der Waals surface area contributed by atoms with Crippen molar-refractivity contribution in [2.75, 3.05) is 5.73 Å². The molecule has 0 spiro atoms. The van der Waals surface area contributed by atoms with E-state index in [1.807, 2.05) is 18.2 Å². The zero-order valence-corrected chi connectivity index (χ0v) is 11.3. The topological polar surface area (TPSA) is 78.4 Å². The van der Waals surface area contributed by atoms with Gasteiger partial charge in [-0.15, -0.1) is 0 Å². The number of hydrogen-bond acceptors (Lipinski definition) is 4. The number of anilines is 1. The number of non-ortho nitro benzene ring substituents is 1. The number of ether oxygens (including phenoxy) is 1. The number of rotatable bonds is 3. The molecule has 2 N–H and O–H groups in total. The molecule has 0 heterocycles. The van der Waals surface area contributed by atoms with E-state index in [9.17, 15) is 10.1 Å². The first-order chi connectivity index (χ1) is 8.56. The Morgan fingerprint density at radius 1 is 1.22 bits per heavy atom. The number of hydrogen-bond donors (Lipinski definition) is 1. The summed E-state index contributed by atoms with van der Waals surface area (Å²) in [4.78, 5) is 10.1. The summed E-state index contributed by atoms with van der Waals surface area (Å²) in [6.07, 6.45) is 0. The largest absolute Gasteiger partial charge is 0.455 e. The zero-order valence-electron chi connectivity index (χ0n) is 9.17. The van der Waals surface area contributed by atoms with Gasteiger partial charge in [0.1, 0.15) is 5.75 Å². The van der Waals surface area contributed by atoms with Gasteiger partial charge < -0.3 is 10.5 Å². The fourth-order valence-corrected chi connectivity index (χ4v) is 1.91. The van der Waals surface area contributed by atoms with Gasteiger partial charge in [-0.25, -0.2) is 0 Å². The molecule has 2 aromatic carbocycles.